The number of aryl methyl sites for hydroxylation is 1. The highest BCUT2D eigenvalue weighted by molar-refractivity contribution is 5.97. The first-order valence-corrected chi connectivity index (χ1v) is 10.5. The van der Waals surface area contributed by atoms with Gasteiger partial charge in [-0.1, -0.05) is 18.2 Å². The Balaban J connectivity index is 1.47. The van der Waals surface area contributed by atoms with Crippen molar-refractivity contribution in [3.8, 4) is 5.75 Å². The van der Waals surface area contributed by atoms with Gasteiger partial charge in [0, 0.05) is 37.3 Å². The Kier molecular flexibility index (Phi) is 7.28. The molecule has 164 valence electrons. The summed E-state index contributed by atoms with van der Waals surface area (Å²) in [6, 6.07) is 12.6. The Bertz CT molecular complexity index is 965. The summed E-state index contributed by atoms with van der Waals surface area (Å²) in [4.78, 5) is 38.1. The zero-order valence-corrected chi connectivity index (χ0v) is 18.2. The number of hydrogen-bond donors (Lipinski definition) is 2. The number of ether oxygens (including phenoxy) is 1. The molecule has 1 saturated heterocycles. The number of benzene rings is 2. The van der Waals surface area contributed by atoms with Gasteiger partial charge in [0.05, 0.1) is 0 Å². The molecule has 1 heterocycles. The maximum Gasteiger partial charge on any atom is 0.260 e. The Hall–Kier alpha value is -3.35. The molecule has 2 aromatic carbocycles. The minimum atomic E-state index is -0.185. The third-order valence-electron chi connectivity index (χ3n) is 5.53. The van der Waals surface area contributed by atoms with Gasteiger partial charge < -0.3 is 20.3 Å². The fraction of sp³-hybridized carbons (Fsp3) is 0.375. The van der Waals surface area contributed by atoms with Gasteiger partial charge in [-0.15, -0.1) is 0 Å². The van der Waals surface area contributed by atoms with Crippen LogP contribution in [0.5, 0.6) is 5.75 Å². The fourth-order valence-electron chi connectivity index (χ4n) is 3.59. The monoisotopic (exact) mass is 423 g/mol. The van der Waals surface area contributed by atoms with Crippen molar-refractivity contribution < 1.29 is 19.1 Å². The van der Waals surface area contributed by atoms with Gasteiger partial charge in [0.25, 0.3) is 11.8 Å². The van der Waals surface area contributed by atoms with Crippen molar-refractivity contribution in [3.05, 3.63) is 59.2 Å². The lowest BCUT2D eigenvalue weighted by Crippen LogP contribution is -2.47. The number of nitrogens with zero attached hydrogens (tertiary/aromatic N) is 1. The average Bonchev–Trinajstić information content (AvgIpc) is 2.75. The predicted molar refractivity (Wildman–Crippen MR) is 119 cm³/mol. The number of carbonyl (C=O) groups excluding carboxylic acids is 3. The van der Waals surface area contributed by atoms with Gasteiger partial charge in [-0.2, -0.15) is 0 Å². The number of piperidine rings is 1. The molecule has 0 aliphatic carbocycles. The van der Waals surface area contributed by atoms with E-state index in [0.29, 0.717) is 37.2 Å². The second kappa shape index (κ2) is 10.1. The van der Waals surface area contributed by atoms with Crippen LogP contribution in [0.2, 0.25) is 0 Å². The lowest BCUT2D eigenvalue weighted by Gasteiger charge is -2.32. The number of likely N-dealkylation sites (tertiary alicyclic amines) is 1. The summed E-state index contributed by atoms with van der Waals surface area (Å²) in [6.45, 7) is 6.58. The van der Waals surface area contributed by atoms with E-state index >= 15 is 0 Å². The van der Waals surface area contributed by atoms with Crippen LogP contribution in [0.4, 0.5) is 5.69 Å². The first-order chi connectivity index (χ1) is 14.8. The van der Waals surface area contributed by atoms with Gasteiger partial charge in [-0.25, -0.2) is 0 Å². The molecule has 0 aromatic heterocycles. The number of rotatable bonds is 6. The third-order valence-corrected chi connectivity index (χ3v) is 5.53. The highest BCUT2D eigenvalue weighted by Crippen LogP contribution is 2.21. The summed E-state index contributed by atoms with van der Waals surface area (Å²) < 4.78 is 5.73. The molecule has 0 bridgehead atoms. The third kappa shape index (κ3) is 6.07. The standard InChI is InChI=1S/C24H29N3O4/c1-16-6-4-9-22(17(16)2)31-15-23(29)27-12-10-20(11-13-27)26-24(30)19-7-5-8-21(14-19)25-18(3)28/h4-9,14,20H,10-13,15H2,1-3H3,(H,25,28)(H,26,30). The summed E-state index contributed by atoms with van der Waals surface area (Å²) >= 11 is 0. The topological polar surface area (TPSA) is 87.7 Å². The Morgan fingerprint density at radius 1 is 1.06 bits per heavy atom. The van der Waals surface area contributed by atoms with E-state index in [-0.39, 0.29) is 30.4 Å². The van der Waals surface area contributed by atoms with Crippen molar-refractivity contribution in [1.82, 2.24) is 10.2 Å². The summed E-state index contributed by atoms with van der Waals surface area (Å²) in [7, 11) is 0. The van der Waals surface area contributed by atoms with Gasteiger partial charge in [0.15, 0.2) is 6.61 Å². The average molecular weight is 424 g/mol. The molecule has 7 nitrogen and oxygen atoms in total. The van der Waals surface area contributed by atoms with Gasteiger partial charge >= 0.3 is 0 Å². The second-order valence-electron chi connectivity index (χ2n) is 7.88. The summed E-state index contributed by atoms with van der Waals surface area (Å²) in [5.74, 6) is 0.317. The first-order valence-electron chi connectivity index (χ1n) is 10.5. The van der Waals surface area contributed by atoms with Crippen LogP contribution in [-0.4, -0.2) is 48.4 Å². The molecular weight excluding hydrogens is 394 g/mol. The van der Waals surface area contributed by atoms with E-state index < -0.39 is 0 Å². The normalized spacial score (nSPS) is 14.1. The molecule has 2 N–H and O–H groups in total. The van der Waals surface area contributed by atoms with Crippen molar-refractivity contribution in [3.63, 3.8) is 0 Å². The Labute approximate surface area is 182 Å². The molecule has 3 rings (SSSR count). The SMILES string of the molecule is CC(=O)Nc1cccc(C(=O)NC2CCN(C(=O)COc3cccc(C)c3C)CC2)c1. The number of anilines is 1. The van der Waals surface area contributed by atoms with Crippen LogP contribution in [0.15, 0.2) is 42.5 Å². The summed E-state index contributed by atoms with van der Waals surface area (Å²) in [5, 5.41) is 5.70. The molecule has 1 aliphatic rings. The lowest BCUT2D eigenvalue weighted by molar-refractivity contribution is -0.134. The van der Waals surface area contributed by atoms with Gasteiger partial charge in [0.2, 0.25) is 5.91 Å². The quantitative estimate of drug-likeness (QED) is 0.748. The molecule has 1 fully saturated rings. The molecule has 0 unspecified atom stereocenters. The van der Waals surface area contributed by atoms with E-state index in [1.807, 2.05) is 32.0 Å². The molecular formula is C24H29N3O4. The van der Waals surface area contributed by atoms with Gasteiger partial charge in [-0.05, 0) is 62.1 Å². The number of nitrogens with one attached hydrogen (secondary N) is 2. The number of carbonyl (C=O) groups is 3. The smallest absolute Gasteiger partial charge is 0.260 e. The molecule has 1 aliphatic heterocycles. The highest BCUT2D eigenvalue weighted by Gasteiger charge is 2.24. The molecule has 0 atom stereocenters. The van der Waals surface area contributed by atoms with E-state index in [2.05, 4.69) is 10.6 Å². The van der Waals surface area contributed by atoms with Crippen molar-refractivity contribution >= 4 is 23.4 Å². The van der Waals surface area contributed by atoms with Crippen LogP contribution in [0.3, 0.4) is 0 Å². The molecule has 31 heavy (non-hydrogen) atoms. The molecule has 2 aromatic rings. The van der Waals surface area contributed by atoms with Crippen LogP contribution < -0.4 is 15.4 Å². The lowest BCUT2D eigenvalue weighted by atomic mass is 10.0. The zero-order chi connectivity index (χ0) is 22.4. The second-order valence-corrected chi connectivity index (χ2v) is 7.88. The van der Waals surface area contributed by atoms with Crippen molar-refractivity contribution in [2.24, 2.45) is 0 Å². The van der Waals surface area contributed by atoms with Crippen LogP contribution in [0, 0.1) is 13.8 Å². The first kappa shape index (κ1) is 22.3. The maximum absolute atomic E-state index is 12.6. The van der Waals surface area contributed by atoms with E-state index in [1.54, 1.807) is 29.2 Å². The molecule has 0 radical (unpaired) electrons. The van der Waals surface area contributed by atoms with Crippen molar-refractivity contribution in [2.75, 3.05) is 25.0 Å². The largest absolute Gasteiger partial charge is 0.483 e. The van der Waals surface area contributed by atoms with Crippen LogP contribution in [0.1, 0.15) is 41.3 Å². The van der Waals surface area contributed by atoms with E-state index in [0.717, 1.165) is 16.9 Å². The predicted octanol–water partition coefficient (Wildman–Crippen LogP) is 3.06. The van der Waals surface area contributed by atoms with Crippen molar-refractivity contribution in [2.45, 2.75) is 39.7 Å². The Morgan fingerprint density at radius 2 is 1.77 bits per heavy atom. The van der Waals surface area contributed by atoms with E-state index in [1.165, 1.54) is 6.92 Å². The zero-order valence-electron chi connectivity index (χ0n) is 18.2. The minimum absolute atomic E-state index is 0.000841. The molecule has 7 heteroatoms. The number of amides is 3. The summed E-state index contributed by atoms with van der Waals surface area (Å²) in [6.07, 6.45) is 1.37. The maximum atomic E-state index is 12.6. The highest BCUT2D eigenvalue weighted by atomic mass is 16.5. The molecule has 3 amide bonds. The molecule has 0 spiro atoms. The number of hydrogen-bond acceptors (Lipinski definition) is 4. The van der Waals surface area contributed by atoms with Gasteiger partial charge in [0.1, 0.15) is 5.75 Å². The van der Waals surface area contributed by atoms with Crippen LogP contribution in [0.25, 0.3) is 0 Å². The van der Waals surface area contributed by atoms with Crippen LogP contribution in [-0.2, 0) is 9.59 Å². The summed E-state index contributed by atoms with van der Waals surface area (Å²) in [5.41, 5.74) is 3.25. The van der Waals surface area contributed by atoms with Crippen molar-refractivity contribution in [1.29, 1.82) is 0 Å². The van der Waals surface area contributed by atoms with Gasteiger partial charge in [-0.3, -0.25) is 14.4 Å². The van der Waals surface area contributed by atoms with Crippen LogP contribution >= 0.6 is 0 Å². The van der Waals surface area contributed by atoms with E-state index in [9.17, 15) is 14.4 Å². The Morgan fingerprint density at radius 3 is 2.48 bits per heavy atom. The minimum Gasteiger partial charge on any atom is -0.483 e. The molecule has 0 saturated carbocycles. The van der Waals surface area contributed by atoms with E-state index in [4.69, 9.17) is 4.74 Å². The fourth-order valence-corrected chi connectivity index (χ4v) is 3.59.